The van der Waals surface area contributed by atoms with E-state index in [1.807, 2.05) is 4.90 Å². The summed E-state index contributed by atoms with van der Waals surface area (Å²) >= 11 is 0. The van der Waals surface area contributed by atoms with Crippen molar-refractivity contribution >= 4 is 5.91 Å². The molecule has 0 aromatic rings. The van der Waals surface area contributed by atoms with E-state index in [1.54, 1.807) is 7.11 Å². The standard InChI is InChI=1S/C10H18N2O2/c1-14-7-10(13)12-4-2-3-8-5-11-6-9(8)12/h8-9,11H,2-7H2,1H3/t8-,9+/m1/s1. The summed E-state index contributed by atoms with van der Waals surface area (Å²) in [7, 11) is 1.58. The number of amides is 1. The normalized spacial score (nSPS) is 31.6. The van der Waals surface area contributed by atoms with E-state index in [9.17, 15) is 4.79 Å². The highest BCUT2D eigenvalue weighted by atomic mass is 16.5. The average Bonchev–Trinajstić information content (AvgIpc) is 2.65. The predicted octanol–water partition coefficient (Wildman–Crippen LogP) is -0.157. The van der Waals surface area contributed by atoms with Crippen LogP contribution in [0.15, 0.2) is 0 Å². The summed E-state index contributed by atoms with van der Waals surface area (Å²) in [6.07, 6.45) is 2.40. The number of hydrogen-bond acceptors (Lipinski definition) is 3. The lowest BCUT2D eigenvalue weighted by molar-refractivity contribution is -0.139. The third kappa shape index (κ3) is 1.77. The van der Waals surface area contributed by atoms with E-state index in [2.05, 4.69) is 5.32 Å². The van der Waals surface area contributed by atoms with Crippen LogP contribution in [0.25, 0.3) is 0 Å². The maximum atomic E-state index is 11.7. The van der Waals surface area contributed by atoms with Crippen LogP contribution >= 0.6 is 0 Å². The number of ether oxygens (including phenoxy) is 1. The van der Waals surface area contributed by atoms with Crippen molar-refractivity contribution < 1.29 is 9.53 Å². The van der Waals surface area contributed by atoms with Crippen LogP contribution in [0.4, 0.5) is 0 Å². The maximum Gasteiger partial charge on any atom is 0.248 e. The zero-order chi connectivity index (χ0) is 9.97. The first-order chi connectivity index (χ1) is 6.83. The zero-order valence-electron chi connectivity index (χ0n) is 8.66. The molecule has 0 aliphatic carbocycles. The Balaban J connectivity index is 1.99. The lowest BCUT2D eigenvalue weighted by Gasteiger charge is -2.36. The monoisotopic (exact) mass is 198 g/mol. The number of hydrogen-bond donors (Lipinski definition) is 1. The van der Waals surface area contributed by atoms with E-state index in [0.717, 1.165) is 26.1 Å². The van der Waals surface area contributed by atoms with Crippen LogP contribution in [0.2, 0.25) is 0 Å². The Kier molecular flexibility index (Phi) is 3.03. The molecule has 1 N–H and O–H groups in total. The summed E-state index contributed by atoms with van der Waals surface area (Å²) in [6, 6.07) is 0.423. The summed E-state index contributed by atoms with van der Waals surface area (Å²) < 4.78 is 4.89. The minimum atomic E-state index is 0.144. The number of piperidine rings is 1. The van der Waals surface area contributed by atoms with Crippen molar-refractivity contribution in [2.45, 2.75) is 18.9 Å². The van der Waals surface area contributed by atoms with Crippen molar-refractivity contribution in [3.05, 3.63) is 0 Å². The first-order valence-corrected chi connectivity index (χ1v) is 5.32. The zero-order valence-corrected chi connectivity index (χ0v) is 8.66. The molecule has 0 spiro atoms. The molecule has 0 bridgehead atoms. The molecule has 2 aliphatic rings. The quantitative estimate of drug-likeness (QED) is 0.670. The van der Waals surface area contributed by atoms with E-state index in [0.29, 0.717) is 12.0 Å². The van der Waals surface area contributed by atoms with Gasteiger partial charge in [0.2, 0.25) is 5.91 Å². The van der Waals surface area contributed by atoms with Gasteiger partial charge in [-0.2, -0.15) is 0 Å². The molecule has 2 fully saturated rings. The van der Waals surface area contributed by atoms with E-state index in [1.165, 1.54) is 6.42 Å². The largest absolute Gasteiger partial charge is 0.375 e. The molecule has 0 aromatic carbocycles. The van der Waals surface area contributed by atoms with Crippen LogP contribution in [0.5, 0.6) is 0 Å². The van der Waals surface area contributed by atoms with Crippen LogP contribution in [-0.4, -0.2) is 50.2 Å². The molecular formula is C10H18N2O2. The van der Waals surface area contributed by atoms with Gasteiger partial charge in [-0.25, -0.2) is 0 Å². The molecule has 0 unspecified atom stereocenters. The van der Waals surface area contributed by atoms with Crippen molar-refractivity contribution in [2.24, 2.45) is 5.92 Å². The summed E-state index contributed by atoms with van der Waals surface area (Å²) in [4.78, 5) is 13.7. The Hall–Kier alpha value is -0.610. The Morgan fingerprint density at radius 1 is 1.57 bits per heavy atom. The van der Waals surface area contributed by atoms with Gasteiger partial charge in [0, 0.05) is 32.8 Å². The van der Waals surface area contributed by atoms with E-state index < -0.39 is 0 Å². The highest BCUT2D eigenvalue weighted by molar-refractivity contribution is 5.78. The molecule has 0 saturated carbocycles. The molecule has 0 aromatic heterocycles. The van der Waals surface area contributed by atoms with Crippen LogP contribution in [0.3, 0.4) is 0 Å². The Morgan fingerprint density at radius 3 is 3.21 bits per heavy atom. The second-order valence-corrected chi connectivity index (χ2v) is 4.15. The first kappa shape index (κ1) is 9.93. The van der Waals surface area contributed by atoms with Gasteiger partial charge in [0.15, 0.2) is 0 Å². The van der Waals surface area contributed by atoms with Gasteiger partial charge >= 0.3 is 0 Å². The molecule has 4 nitrogen and oxygen atoms in total. The van der Waals surface area contributed by atoms with Gasteiger partial charge < -0.3 is 15.0 Å². The van der Waals surface area contributed by atoms with Crippen LogP contribution in [0, 0.1) is 5.92 Å². The van der Waals surface area contributed by atoms with E-state index >= 15 is 0 Å². The first-order valence-electron chi connectivity index (χ1n) is 5.32. The lowest BCUT2D eigenvalue weighted by atomic mass is 9.92. The minimum Gasteiger partial charge on any atom is -0.375 e. The smallest absolute Gasteiger partial charge is 0.248 e. The van der Waals surface area contributed by atoms with Gasteiger partial charge in [0.05, 0.1) is 0 Å². The highest BCUT2D eigenvalue weighted by Crippen LogP contribution is 2.26. The fourth-order valence-corrected chi connectivity index (χ4v) is 2.58. The molecule has 2 saturated heterocycles. The molecule has 14 heavy (non-hydrogen) atoms. The fourth-order valence-electron chi connectivity index (χ4n) is 2.58. The van der Waals surface area contributed by atoms with Crippen molar-refractivity contribution in [2.75, 3.05) is 33.4 Å². The van der Waals surface area contributed by atoms with Crippen LogP contribution in [0.1, 0.15) is 12.8 Å². The highest BCUT2D eigenvalue weighted by Gasteiger charge is 2.36. The second-order valence-electron chi connectivity index (χ2n) is 4.15. The molecule has 2 atom stereocenters. The summed E-state index contributed by atoms with van der Waals surface area (Å²) in [5.74, 6) is 0.815. The van der Waals surface area contributed by atoms with Gasteiger partial charge in [-0.1, -0.05) is 0 Å². The third-order valence-electron chi connectivity index (χ3n) is 3.27. The van der Waals surface area contributed by atoms with Gasteiger partial charge in [-0.05, 0) is 18.8 Å². The molecule has 80 valence electrons. The number of fused-ring (bicyclic) bond motifs is 1. The summed E-state index contributed by atoms with van der Waals surface area (Å²) in [5.41, 5.74) is 0. The molecule has 2 rings (SSSR count). The number of carbonyl (C=O) groups excluding carboxylic acids is 1. The SMILES string of the molecule is COCC(=O)N1CCC[C@@H]2CNC[C@@H]21. The Bertz CT molecular complexity index is 220. The topological polar surface area (TPSA) is 41.6 Å². The molecule has 2 aliphatic heterocycles. The number of nitrogens with one attached hydrogen (secondary N) is 1. The van der Waals surface area contributed by atoms with Crippen molar-refractivity contribution in [1.82, 2.24) is 10.2 Å². The number of nitrogens with zero attached hydrogens (tertiary/aromatic N) is 1. The minimum absolute atomic E-state index is 0.144. The van der Waals surface area contributed by atoms with Crippen molar-refractivity contribution in [3.63, 3.8) is 0 Å². The van der Waals surface area contributed by atoms with Gasteiger partial charge in [0.25, 0.3) is 0 Å². The van der Waals surface area contributed by atoms with E-state index in [-0.39, 0.29) is 12.5 Å². The Morgan fingerprint density at radius 2 is 2.43 bits per heavy atom. The van der Waals surface area contributed by atoms with Crippen LogP contribution < -0.4 is 5.32 Å². The van der Waals surface area contributed by atoms with Crippen molar-refractivity contribution in [1.29, 1.82) is 0 Å². The lowest BCUT2D eigenvalue weighted by Crippen LogP contribution is -2.49. The summed E-state index contributed by atoms with van der Waals surface area (Å²) in [6.45, 7) is 3.16. The van der Waals surface area contributed by atoms with E-state index in [4.69, 9.17) is 4.74 Å². The molecular weight excluding hydrogens is 180 g/mol. The Labute approximate surface area is 84.6 Å². The van der Waals surface area contributed by atoms with Crippen molar-refractivity contribution in [3.8, 4) is 0 Å². The number of methoxy groups -OCH3 is 1. The molecule has 4 heteroatoms. The number of carbonyl (C=O) groups is 1. The molecule has 1 amide bonds. The van der Waals surface area contributed by atoms with Crippen LogP contribution in [-0.2, 0) is 9.53 Å². The maximum absolute atomic E-state index is 11.7. The fraction of sp³-hybridized carbons (Fsp3) is 0.900. The van der Waals surface area contributed by atoms with Gasteiger partial charge in [0.1, 0.15) is 6.61 Å². The molecule has 2 heterocycles. The second kappa shape index (κ2) is 4.28. The average molecular weight is 198 g/mol. The summed E-state index contributed by atoms with van der Waals surface area (Å²) in [5, 5.41) is 3.36. The van der Waals surface area contributed by atoms with Gasteiger partial charge in [-0.15, -0.1) is 0 Å². The number of rotatable bonds is 2. The third-order valence-corrected chi connectivity index (χ3v) is 3.27. The predicted molar refractivity (Wildman–Crippen MR) is 53.0 cm³/mol. The molecule has 0 radical (unpaired) electrons. The van der Waals surface area contributed by atoms with Gasteiger partial charge in [-0.3, -0.25) is 4.79 Å². The number of likely N-dealkylation sites (tertiary alicyclic amines) is 1.